The Morgan fingerprint density at radius 3 is 2.62 bits per heavy atom. The van der Waals surface area contributed by atoms with Gasteiger partial charge in [-0.1, -0.05) is 0 Å². The Morgan fingerprint density at radius 2 is 2.08 bits per heavy atom. The highest BCUT2D eigenvalue weighted by Gasteiger charge is 2.29. The van der Waals surface area contributed by atoms with Gasteiger partial charge in [0.2, 0.25) is 0 Å². The summed E-state index contributed by atoms with van der Waals surface area (Å²) in [5.41, 5.74) is 1.16. The van der Waals surface area contributed by atoms with Crippen LogP contribution in [0.4, 0.5) is 0 Å². The molecule has 24 heavy (non-hydrogen) atoms. The zero-order valence-electron chi connectivity index (χ0n) is 15.9. The molecular formula is C18H33N5S. The highest BCUT2D eigenvalue weighted by Crippen LogP contribution is 2.28. The molecular weight excluding hydrogens is 318 g/mol. The molecule has 2 N–H and O–H groups in total. The second kappa shape index (κ2) is 9.37. The Morgan fingerprint density at radius 1 is 1.33 bits per heavy atom. The maximum absolute atomic E-state index is 4.74. The van der Waals surface area contributed by atoms with E-state index in [4.69, 9.17) is 4.99 Å². The number of hydrogen-bond acceptors (Lipinski definition) is 4. The fourth-order valence-corrected chi connectivity index (χ4v) is 3.76. The van der Waals surface area contributed by atoms with Crippen molar-refractivity contribution in [3.8, 4) is 0 Å². The minimum atomic E-state index is 0.611. The zero-order valence-corrected chi connectivity index (χ0v) is 16.7. The molecule has 1 aromatic heterocycles. The van der Waals surface area contributed by atoms with E-state index >= 15 is 0 Å². The van der Waals surface area contributed by atoms with Gasteiger partial charge < -0.3 is 10.6 Å². The van der Waals surface area contributed by atoms with E-state index in [0.29, 0.717) is 6.04 Å². The molecule has 0 aliphatic heterocycles. The highest BCUT2D eigenvalue weighted by atomic mass is 32.1. The third-order valence-corrected chi connectivity index (χ3v) is 5.49. The van der Waals surface area contributed by atoms with Gasteiger partial charge in [-0.15, -0.1) is 11.3 Å². The van der Waals surface area contributed by atoms with Gasteiger partial charge in [-0.2, -0.15) is 0 Å². The molecule has 2 rings (SSSR count). The molecule has 0 radical (unpaired) electrons. The van der Waals surface area contributed by atoms with Crippen LogP contribution < -0.4 is 10.6 Å². The summed E-state index contributed by atoms with van der Waals surface area (Å²) in [5, 5.41) is 7.97. The molecule has 5 nitrogen and oxygen atoms in total. The van der Waals surface area contributed by atoms with E-state index in [-0.39, 0.29) is 0 Å². The Balaban J connectivity index is 1.77. The van der Waals surface area contributed by atoms with Crippen LogP contribution in [0.25, 0.3) is 0 Å². The normalized spacial score (nSPS) is 15.4. The summed E-state index contributed by atoms with van der Waals surface area (Å²) in [6, 6.07) is 1.41. The van der Waals surface area contributed by atoms with Gasteiger partial charge in [-0.25, -0.2) is 4.98 Å². The second-order valence-corrected chi connectivity index (χ2v) is 8.04. The summed E-state index contributed by atoms with van der Waals surface area (Å²) < 4.78 is 0. The Bertz CT molecular complexity index is 512. The molecule has 0 spiro atoms. The van der Waals surface area contributed by atoms with Crippen LogP contribution in [0.1, 0.15) is 49.2 Å². The number of thiazole rings is 1. The minimum absolute atomic E-state index is 0.611. The molecule has 0 amide bonds. The van der Waals surface area contributed by atoms with Gasteiger partial charge in [0.15, 0.2) is 5.96 Å². The third-order valence-electron chi connectivity index (χ3n) is 4.36. The quantitative estimate of drug-likeness (QED) is 0.531. The topological polar surface area (TPSA) is 52.6 Å². The van der Waals surface area contributed by atoms with Crippen molar-refractivity contribution in [1.82, 2.24) is 20.5 Å². The molecule has 1 heterocycles. The van der Waals surface area contributed by atoms with Crippen molar-refractivity contribution in [1.29, 1.82) is 0 Å². The Hall–Kier alpha value is -1.14. The lowest BCUT2D eigenvalue weighted by Crippen LogP contribution is -2.40. The molecule has 1 aliphatic rings. The summed E-state index contributed by atoms with van der Waals surface area (Å²) in [6.45, 7) is 14.5. The lowest BCUT2D eigenvalue weighted by molar-refractivity contribution is 0.218. The molecule has 0 bridgehead atoms. The maximum Gasteiger partial charge on any atom is 0.191 e. The lowest BCUT2D eigenvalue weighted by atomic mass is 10.3. The average molecular weight is 352 g/mol. The van der Waals surface area contributed by atoms with Crippen molar-refractivity contribution < 1.29 is 0 Å². The number of aromatic nitrogens is 1. The summed E-state index contributed by atoms with van der Waals surface area (Å²) in [4.78, 5) is 13.2. The van der Waals surface area contributed by atoms with Crippen LogP contribution in [0.2, 0.25) is 0 Å². The predicted molar refractivity (Wildman–Crippen MR) is 104 cm³/mol. The first-order chi connectivity index (χ1) is 11.5. The van der Waals surface area contributed by atoms with Gasteiger partial charge >= 0.3 is 0 Å². The van der Waals surface area contributed by atoms with Crippen LogP contribution in [0.15, 0.2) is 4.99 Å². The summed E-state index contributed by atoms with van der Waals surface area (Å²) in [5.74, 6) is 0.919. The molecule has 1 fully saturated rings. The smallest absolute Gasteiger partial charge is 0.191 e. The predicted octanol–water partition coefficient (Wildman–Crippen LogP) is 2.73. The van der Waals surface area contributed by atoms with E-state index in [1.165, 1.54) is 22.7 Å². The van der Waals surface area contributed by atoms with Crippen molar-refractivity contribution >= 4 is 17.3 Å². The highest BCUT2D eigenvalue weighted by molar-refractivity contribution is 7.11. The first-order valence-electron chi connectivity index (χ1n) is 9.22. The van der Waals surface area contributed by atoms with Gasteiger partial charge in [-0.3, -0.25) is 9.89 Å². The summed E-state index contributed by atoms with van der Waals surface area (Å²) in [7, 11) is 0. The van der Waals surface area contributed by atoms with E-state index < -0.39 is 0 Å². The van der Waals surface area contributed by atoms with Gasteiger partial charge in [-0.05, 0) is 47.5 Å². The molecule has 0 unspecified atom stereocenters. The molecule has 6 heteroatoms. The molecule has 0 atom stereocenters. The summed E-state index contributed by atoms with van der Waals surface area (Å²) in [6.07, 6.45) is 3.66. The summed E-state index contributed by atoms with van der Waals surface area (Å²) >= 11 is 1.80. The van der Waals surface area contributed by atoms with E-state index in [1.54, 1.807) is 11.3 Å². The van der Waals surface area contributed by atoms with Gasteiger partial charge in [0.1, 0.15) is 0 Å². The largest absolute Gasteiger partial charge is 0.357 e. The molecule has 1 aromatic rings. The SMILES string of the molecule is CCNC(=NCCN(C(C)C)C1CC1)NCCc1nc(C)c(C)s1. The van der Waals surface area contributed by atoms with Crippen LogP contribution in [0, 0.1) is 13.8 Å². The van der Waals surface area contributed by atoms with Crippen molar-refractivity contribution in [2.24, 2.45) is 4.99 Å². The lowest BCUT2D eigenvalue weighted by Gasteiger charge is -2.25. The molecule has 1 aliphatic carbocycles. The van der Waals surface area contributed by atoms with E-state index in [9.17, 15) is 0 Å². The second-order valence-electron chi connectivity index (χ2n) is 6.75. The molecule has 0 saturated heterocycles. The minimum Gasteiger partial charge on any atom is -0.357 e. The number of nitrogens with zero attached hydrogens (tertiary/aromatic N) is 3. The van der Waals surface area contributed by atoms with E-state index in [1.807, 2.05) is 0 Å². The van der Waals surface area contributed by atoms with Crippen molar-refractivity contribution in [3.05, 3.63) is 15.6 Å². The van der Waals surface area contributed by atoms with Crippen molar-refractivity contribution in [2.75, 3.05) is 26.2 Å². The molecule has 1 saturated carbocycles. The number of guanidine groups is 1. The van der Waals surface area contributed by atoms with Gasteiger partial charge in [0, 0.05) is 43.0 Å². The Kier molecular flexibility index (Phi) is 7.49. The van der Waals surface area contributed by atoms with E-state index in [2.05, 4.69) is 55.1 Å². The monoisotopic (exact) mass is 351 g/mol. The first kappa shape index (κ1) is 19.2. The zero-order chi connectivity index (χ0) is 17.5. The standard InChI is InChI=1S/C18H33N5S/c1-6-19-18(20-10-9-17-22-14(4)15(5)24-17)21-11-12-23(13(2)3)16-7-8-16/h13,16H,6-12H2,1-5H3,(H2,19,20,21). The molecule has 136 valence electrons. The fraction of sp³-hybridized carbons (Fsp3) is 0.778. The number of aliphatic imine (C=N–C) groups is 1. The van der Waals surface area contributed by atoms with Gasteiger partial charge in [0.05, 0.1) is 17.2 Å². The van der Waals surface area contributed by atoms with Crippen LogP contribution in [-0.2, 0) is 6.42 Å². The van der Waals surface area contributed by atoms with Crippen molar-refractivity contribution in [3.63, 3.8) is 0 Å². The number of nitrogens with one attached hydrogen (secondary N) is 2. The fourth-order valence-electron chi connectivity index (χ4n) is 2.82. The third kappa shape index (κ3) is 6.06. The number of aryl methyl sites for hydroxylation is 2. The first-order valence-corrected chi connectivity index (χ1v) is 10.0. The van der Waals surface area contributed by atoms with Crippen LogP contribution in [0.3, 0.4) is 0 Å². The van der Waals surface area contributed by atoms with Crippen molar-refractivity contribution in [2.45, 2.75) is 66.0 Å². The van der Waals surface area contributed by atoms with E-state index in [0.717, 1.165) is 50.3 Å². The number of hydrogen-bond donors (Lipinski definition) is 2. The van der Waals surface area contributed by atoms with Crippen LogP contribution >= 0.6 is 11.3 Å². The van der Waals surface area contributed by atoms with Crippen LogP contribution in [-0.4, -0.2) is 54.1 Å². The molecule has 0 aromatic carbocycles. The average Bonchev–Trinajstić information content (AvgIpc) is 3.30. The van der Waals surface area contributed by atoms with Gasteiger partial charge in [0.25, 0.3) is 0 Å². The number of rotatable bonds is 9. The van der Waals surface area contributed by atoms with Crippen LogP contribution in [0.5, 0.6) is 0 Å². The Labute approximate surface area is 151 Å². The maximum atomic E-state index is 4.74.